The van der Waals surface area contributed by atoms with Crippen molar-refractivity contribution in [1.29, 1.82) is 0 Å². The van der Waals surface area contributed by atoms with Gasteiger partial charge in [0.1, 0.15) is 0 Å². The highest BCUT2D eigenvalue weighted by Crippen LogP contribution is 2.50. The van der Waals surface area contributed by atoms with Gasteiger partial charge in [0.25, 0.3) is 0 Å². The number of carbonyl (C=O) groups is 1. The lowest BCUT2D eigenvalue weighted by molar-refractivity contribution is 0.0838. The first kappa shape index (κ1) is 18.6. The molecule has 1 fully saturated rings. The standard InChI is InChI=1S/C22H34N4O/c1-4-10-26-14-16(24-22(27)25(5-2)6-3)12-18-17-8-7-9-19-21(17)15(13-23-19)11-20(18)26/h7-9,15-16,18,20,23H,4-6,10-14H2,1-3H3,(H,24,27)/t15?,16-,18+,20+/m0/s1. The molecule has 1 unspecified atom stereocenters. The first-order chi connectivity index (χ1) is 13.2. The summed E-state index contributed by atoms with van der Waals surface area (Å²) in [7, 11) is 0. The van der Waals surface area contributed by atoms with Crippen LogP contribution < -0.4 is 10.6 Å². The van der Waals surface area contributed by atoms with Gasteiger partial charge in [-0.3, -0.25) is 4.90 Å². The van der Waals surface area contributed by atoms with E-state index in [1.54, 1.807) is 5.56 Å². The zero-order chi connectivity index (χ0) is 19.0. The van der Waals surface area contributed by atoms with Gasteiger partial charge in [0.2, 0.25) is 0 Å². The highest BCUT2D eigenvalue weighted by molar-refractivity contribution is 5.74. The van der Waals surface area contributed by atoms with Crippen LogP contribution in [0.25, 0.3) is 0 Å². The summed E-state index contributed by atoms with van der Waals surface area (Å²) >= 11 is 0. The molecule has 4 atom stereocenters. The summed E-state index contributed by atoms with van der Waals surface area (Å²) in [6, 6.07) is 7.70. The van der Waals surface area contributed by atoms with Crippen LogP contribution in [0, 0.1) is 0 Å². The van der Waals surface area contributed by atoms with E-state index in [1.807, 2.05) is 18.7 Å². The van der Waals surface area contributed by atoms with Crippen LogP contribution in [0.4, 0.5) is 10.5 Å². The number of anilines is 1. The number of nitrogens with one attached hydrogen (secondary N) is 2. The van der Waals surface area contributed by atoms with E-state index in [4.69, 9.17) is 0 Å². The number of likely N-dealkylation sites (tertiary alicyclic amines) is 1. The Morgan fingerprint density at radius 1 is 1.26 bits per heavy atom. The number of amides is 2. The molecule has 0 bridgehead atoms. The minimum atomic E-state index is 0.0912. The summed E-state index contributed by atoms with van der Waals surface area (Å²) < 4.78 is 0. The van der Waals surface area contributed by atoms with E-state index in [1.165, 1.54) is 17.7 Å². The van der Waals surface area contributed by atoms with Crippen LogP contribution in [0.2, 0.25) is 0 Å². The zero-order valence-electron chi connectivity index (χ0n) is 17.0. The number of carbonyl (C=O) groups excluding carboxylic acids is 1. The van der Waals surface area contributed by atoms with Crippen molar-refractivity contribution in [3.63, 3.8) is 0 Å². The third-order valence-corrected chi connectivity index (χ3v) is 6.83. The minimum Gasteiger partial charge on any atom is -0.384 e. The molecule has 2 N–H and O–H groups in total. The van der Waals surface area contributed by atoms with Gasteiger partial charge in [-0.05, 0) is 56.8 Å². The van der Waals surface area contributed by atoms with E-state index in [-0.39, 0.29) is 12.1 Å². The molecule has 3 aliphatic rings. The number of fused-ring (bicyclic) bond motifs is 2. The molecule has 1 saturated heterocycles. The maximum absolute atomic E-state index is 12.6. The van der Waals surface area contributed by atoms with Gasteiger partial charge in [-0.2, -0.15) is 0 Å². The monoisotopic (exact) mass is 370 g/mol. The Kier molecular flexibility index (Phi) is 5.31. The Hall–Kier alpha value is -1.75. The SMILES string of the molecule is CCCN1C[C@@H](NC(=O)N(CC)CC)C[C@@H]2c3cccc4c3C(CN4)C[C@H]21. The Bertz CT molecular complexity index is 687. The maximum Gasteiger partial charge on any atom is 0.317 e. The molecule has 5 heteroatoms. The van der Waals surface area contributed by atoms with Crippen molar-refractivity contribution < 1.29 is 4.79 Å². The quantitative estimate of drug-likeness (QED) is 0.833. The molecule has 0 aromatic heterocycles. The van der Waals surface area contributed by atoms with Gasteiger partial charge in [0.15, 0.2) is 0 Å². The average molecular weight is 371 g/mol. The van der Waals surface area contributed by atoms with E-state index in [0.29, 0.717) is 17.9 Å². The third kappa shape index (κ3) is 3.31. The van der Waals surface area contributed by atoms with Gasteiger partial charge < -0.3 is 15.5 Å². The fraction of sp³-hybridized carbons (Fsp3) is 0.682. The Balaban J connectivity index is 1.59. The van der Waals surface area contributed by atoms with Crippen LogP contribution >= 0.6 is 0 Å². The van der Waals surface area contributed by atoms with Crippen LogP contribution in [0.15, 0.2) is 18.2 Å². The van der Waals surface area contributed by atoms with E-state index >= 15 is 0 Å². The highest BCUT2D eigenvalue weighted by atomic mass is 16.2. The number of benzene rings is 1. The first-order valence-corrected chi connectivity index (χ1v) is 10.8. The van der Waals surface area contributed by atoms with Gasteiger partial charge >= 0.3 is 6.03 Å². The number of nitrogens with zero attached hydrogens (tertiary/aromatic N) is 2. The van der Waals surface area contributed by atoms with E-state index in [0.717, 1.165) is 45.6 Å². The van der Waals surface area contributed by atoms with Gasteiger partial charge in [0.05, 0.1) is 0 Å². The first-order valence-electron chi connectivity index (χ1n) is 10.8. The van der Waals surface area contributed by atoms with E-state index in [2.05, 4.69) is 40.7 Å². The predicted molar refractivity (Wildman–Crippen MR) is 111 cm³/mol. The Labute approximate surface area is 163 Å². The number of hydrogen-bond acceptors (Lipinski definition) is 3. The molecule has 5 nitrogen and oxygen atoms in total. The smallest absolute Gasteiger partial charge is 0.317 e. The fourth-order valence-electron chi connectivity index (χ4n) is 5.63. The second-order valence-electron chi connectivity index (χ2n) is 8.35. The lowest BCUT2D eigenvalue weighted by Crippen LogP contribution is -2.58. The van der Waals surface area contributed by atoms with E-state index < -0.39 is 0 Å². The Morgan fingerprint density at radius 2 is 2.07 bits per heavy atom. The van der Waals surface area contributed by atoms with Crippen LogP contribution in [-0.4, -0.2) is 60.6 Å². The molecule has 27 heavy (non-hydrogen) atoms. The van der Waals surface area contributed by atoms with Crippen LogP contribution in [-0.2, 0) is 0 Å². The molecule has 148 valence electrons. The lowest BCUT2D eigenvalue weighted by Gasteiger charge is -2.49. The molecule has 0 spiro atoms. The third-order valence-electron chi connectivity index (χ3n) is 6.83. The molecule has 2 heterocycles. The second-order valence-corrected chi connectivity index (χ2v) is 8.35. The summed E-state index contributed by atoms with van der Waals surface area (Å²) in [5, 5.41) is 6.96. The molecule has 1 aliphatic carbocycles. The molecule has 2 amide bonds. The normalized spacial score (nSPS) is 28.9. The molecule has 4 rings (SSSR count). The summed E-state index contributed by atoms with van der Waals surface area (Å²) in [6.07, 6.45) is 3.47. The maximum atomic E-state index is 12.6. The van der Waals surface area contributed by atoms with Crippen molar-refractivity contribution in [2.75, 3.05) is 38.0 Å². The van der Waals surface area contributed by atoms with Crippen LogP contribution in [0.5, 0.6) is 0 Å². The van der Waals surface area contributed by atoms with Crippen molar-refractivity contribution in [3.8, 4) is 0 Å². The number of urea groups is 1. The molecule has 1 aromatic carbocycles. The molecule has 0 radical (unpaired) electrons. The summed E-state index contributed by atoms with van der Waals surface area (Å²) in [6.45, 7) is 11.1. The fourth-order valence-corrected chi connectivity index (χ4v) is 5.63. The average Bonchev–Trinajstić information content (AvgIpc) is 3.08. The van der Waals surface area contributed by atoms with Gasteiger partial charge in [-0.25, -0.2) is 4.79 Å². The van der Waals surface area contributed by atoms with Crippen LogP contribution in [0.1, 0.15) is 63.0 Å². The minimum absolute atomic E-state index is 0.0912. The zero-order valence-corrected chi connectivity index (χ0v) is 17.0. The van der Waals surface area contributed by atoms with Crippen molar-refractivity contribution in [3.05, 3.63) is 29.3 Å². The van der Waals surface area contributed by atoms with Crippen molar-refractivity contribution >= 4 is 11.7 Å². The van der Waals surface area contributed by atoms with Crippen molar-refractivity contribution in [2.45, 2.75) is 64.0 Å². The number of hydrogen-bond donors (Lipinski definition) is 2. The second kappa shape index (κ2) is 7.70. The topological polar surface area (TPSA) is 47.6 Å². The van der Waals surface area contributed by atoms with Crippen molar-refractivity contribution in [2.24, 2.45) is 0 Å². The number of piperidine rings is 1. The summed E-state index contributed by atoms with van der Waals surface area (Å²) in [4.78, 5) is 17.2. The predicted octanol–water partition coefficient (Wildman–Crippen LogP) is 3.59. The van der Waals surface area contributed by atoms with Gasteiger partial charge in [-0.15, -0.1) is 0 Å². The summed E-state index contributed by atoms with van der Waals surface area (Å²) in [5.41, 5.74) is 4.43. The number of rotatable bonds is 5. The van der Waals surface area contributed by atoms with Crippen LogP contribution in [0.3, 0.4) is 0 Å². The summed E-state index contributed by atoms with van der Waals surface area (Å²) in [5.74, 6) is 1.18. The highest BCUT2D eigenvalue weighted by Gasteiger charge is 2.45. The van der Waals surface area contributed by atoms with Gasteiger partial charge in [-0.1, -0.05) is 19.1 Å². The molecule has 2 aliphatic heterocycles. The lowest BCUT2D eigenvalue weighted by atomic mass is 9.69. The van der Waals surface area contributed by atoms with Crippen molar-refractivity contribution in [1.82, 2.24) is 15.1 Å². The van der Waals surface area contributed by atoms with Gasteiger partial charge in [0, 0.05) is 55.8 Å². The van der Waals surface area contributed by atoms with E-state index in [9.17, 15) is 4.79 Å². The molecule has 0 saturated carbocycles. The Morgan fingerprint density at radius 3 is 2.81 bits per heavy atom. The molecular weight excluding hydrogens is 336 g/mol. The largest absolute Gasteiger partial charge is 0.384 e. The molecular formula is C22H34N4O. The molecule has 1 aromatic rings.